The van der Waals surface area contributed by atoms with Gasteiger partial charge in [0.15, 0.2) is 0 Å². The summed E-state index contributed by atoms with van der Waals surface area (Å²) >= 11 is 0. The molecule has 144 valence electrons. The van der Waals surface area contributed by atoms with Crippen molar-refractivity contribution < 1.29 is 27.0 Å². The number of primary amides is 1. The lowest BCUT2D eigenvalue weighted by molar-refractivity contribution is -0.137. The fraction of sp³-hybridized carbons (Fsp3) is 0.222. The molecule has 0 radical (unpaired) electrons. The van der Waals surface area contributed by atoms with Crippen LogP contribution in [0.1, 0.15) is 22.3 Å². The van der Waals surface area contributed by atoms with Crippen molar-refractivity contribution in [3.8, 4) is 0 Å². The summed E-state index contributed by atoms with van der Waals surface area (Å²) < 4.78 is 49.9. The minimum absolute atomic E-state index is 0.0310. The van der Waals surface area contributed by atoms with Crippen LogP contribution in [0, 0.1) is 0 Å². The SMILES string of the molecule is NC(=O)[C@H](CC[S@@](=O)c1ccccc1)NC(=O)c1ccc(C(F)(F)F)cc1. The van der Waals surface area contributed by atoms with Gasteiger partial charge in [-0.3, -0.25) is 13.8 Å². The van der Waals surface area contributed by atoms with E-state index < -0.39 is 40.4 Å². The van der Waals surface area contributed by atoms with Crippen LogP contribution in [0.15, 0.2) is 59.5 Å². The first kappa shape index (κ1) is 20.6. The van der Waals surface area contributed by atoms with E-state index in [2.05, 4.69) is 5.32 Å². The van der Waals surface area contributed by atoms with Crippen molar-refractivity contribution in [1.82, 2.24) is 5.32 Å². The maximum atomic E-state index is 12.6. The molecule has 2 aromatic carbocycles. The number of halogens is 3. The average Bonchev–Trinajstić information content (AvgIpc) is 2.64. The molecule has 2 rings (SSSR count). The van der Waals surface area contributed by atoms with Crippen LogP contribution in [0.25, 0.3) is 0 Å². The Bertz CT molecular complexity index is 824. The van der Waals surface area contributed by atoms with Crippen molar-refractivity contribution in [2.24, 2.45) is 5.73 Å². The molecule has 2 amide bonds. The van der Waals surface area contributed by atoms with Crippen LogP contribution in [0.3, 0.4) is 0 Å². The standard InChI is InChI=1S/C18H17F3N2O3S/c19-18(20,21)13-8-6-12(7-9-13)17(25)23-15(16(22)24)10-11-27(26)14-4-2-1-3-5-14/h1-9,15H,10-11H2,(H2,22,24)(H,23,25)/t15-,27+/m0/s1. The highest BCUT2D eigenvalue weighted by molar-refractivity contribution is 7.85. The Balaban J connectivity index is 2.00. The third kappa shape index (κ3) is 5.92. The molecule has 0 aliphatic rings. The van der Waals surface area contributed by atoms with E-state index in [4.69, 9.17) is 5.73 Å². The van der Waals surface area contributed by atoms with Crippen LogP contribution in [-0.2, 0) is 21.8 Å². The Morgan fingerprint density at radius 1 is 1.04 bits per heavy atom. The Kier molecular flexibility index (Phi) is 6.73. The Morgan fingerprint density at radius 3 is 2.15 bits per heavy atom. The first-order valence-corrected chi connectivity index (χ1v) is 9.21. The number of amides is 2. The maximum absolute atomic E-state index is 12.6. The van der Waals surface area contributed by atoms with Gasteiger partial charge in [-0.05, 0) is 42.8 Å². The molecule has 0 unspecified atom stereocenters. The second-order valence-corrected chi connectivity index (χ2v) is 7.23. The number of nitrogens with two attached hydrogens (primary N) is 1. The lowest BCUT2D eigenvalue weighted by Crippen LogP contribution is -2.45. The summed E-state index contributed by atoms with van der Waals surface area (Å²) in [5, 5.41) is 2.37. The molecule has 0 saturated heterocycles. The van der Waals surface area contributed by atoms with E-state index in [1.54, 1.807) is 30.3 Å². The quantitative estimate of drug-likeness (QED) is 0.751. The molecule has 0 bridgehead atoms. The molecule has 0 aromatic heterocycles. The summed E-state index contributed by atoms with van der Waals surface area (Å²) in [6.45, 7) is 0. The lowest BCUT2D eigenvalue weighted by Gasteiger charge is -2.15. The van der Waals surface area contributed by atoms with Gasteiger partial charge in [-0.2, -0.15) is 13.2 Å². The zero-order chi connectivity index (χ0) is 20.0. The van der Waals surface area contributed by atoms with E-state index in [0.29, 0.717) is 4.90 Å². The number of carbonyl (C=O) groups is 2. The molecule has 3 N–H and O–H groups in total. The second kappa shape index (κ2) is 8.81. The van der Waals surface area contributed by atoms with Crippen molar-refractivity contribution in [3.05, 3.63) is 65.7 Å². The van der Waals surface area contributed by atoms with E-state index >= 15 is 0 Å². The minimum atomic E-state index is -4.51. The lowest BCUT2D eigenvalue weighted by atomic mass is 10.1. The molecule has 0 saturated carbocycles. The van der Waals surface area contributed by atoms with E-state index in [9.17, 15) is 27.0 Å². The number of alkyl halides is 3. The second-order valence-electron chi connectivity index (χ2n) is 5.65. The van der Waals surface area contributed by atoms with Gasteiger partial charge in [0, 0.05) is 16.2 Å². The molecular weight excluding hydrogens is 381 g/mol. The van der Waals surface area contributed by atoms with Crippen LogP contribution < -0.4 is 11.1 Å². The monoisotopic (exact) mass is 398 g/mol. The third-order valence-corrected chi connectivity index (χ3v) is 5.13. The molecule has 2 aromatic rings. The third-order valence-electron chi connectivity index (χ3n) is 3.72. The van der Waals surface area contributed by atoms with E-state index in [1.165, 1.54) is 0 Å². The van der Waals surface area contributed by atoms with Gasteiger partial charge in [-0.1, -0.05) is 18.2 Å². The summed E-state index contributed by atoms with van der Waals surface area (Å²) in [7, 11) is -1.38. The summed E-state index contributed by atoms with van der Waals surface area (Å²) in [5.41, 5.74) is 4.34. The maximum Gasteiger partial charge on any atom is 0.416 e. The normalized spacial score (nSPS) is 13.6. The topological polar surface area (TPSA) is 89.3 Å². The van der Waals surface area contributed by atoms with E-state index in [1.807, 2.05) is 0 Å². The van der Waals surface area contributed by atoms with Gasteiger partial charge in [0.25, 0.3) is 5.91 Å². The summed E-state index contributed by atoms with van der Waals surface area (Å²) in [6, 6.07) is 11.1. The predicted octanol–water partition coefficient (Wildman–Crippen LogP) is 2.49. The fourth-order valence-corrected chi connectivity index (χ4v) is 3.40. The molecular formula is C18H17F3N2O3S. The van der Waals surface area contributed by atoms with Gasteiger partial charge in [0.1, 0.15) is 6.04 Å². The molecule has 0 heterocycles. The van der Waals surface area contributed by atoms with Gasteiger partial charge < -0.3 is 11.1 Å². The van der Waals surface area contributed by atoms with Crippen LogP contribution in [-0.4, -0.2) is 27.8 Å². The van der Waals surface area contributed by atoms with Crippen molar-refractivity contribution in [2.75, 3.05) is 5.75 Å². The number of hydrogen-bond donors (Lipinski definition) is 2. The van der Waals surface area contributed by atoms with Gasteiger partial charge in [0.05, 0.1) is 16.4 Å². The molecule has 0 spiro atoms. The van der Waals surface area contributed by atoms with Crippen LogP contribution in [0.4, 0.5) is 13.2 Å². The van der Waals surface area contributed by atoms with Crippen LogP contribution in [0.5, 0.6) is 0 Å². The largest absolute Gasteiger partial charge is 0.416 e. The van der Waals surface area contributed by atoms with Crippen LogP contribution in [0.2, 0.25) is 0 Å². The molecule has 0 aliphatic carbocycles. The highest BCUT2D eigenvalue weighted by Gasteiger charge is 2.30. The smallest absolute Gasteiger partial charge is 0.368 e. The van der Waals surface area contributed by atoms with Gasteiger partial charge in [-0.25, -0.2) is 0 Å². The first-order chi connectivity index (χ1) is 12.7. The average molecular weight is 398 g/mol. The fourth-order valence-electron chi connectivity index (χ4n) is 2.25. The molecule has 9 heteroatoms. The van der Waals surface area contributed by atoms with Crippen LogP contribution >= 0.6 is 0 Å². The number of benzene rings is 2. The number of carbonyl (C=O) groups excluding carboxylic acids is 2. The van der Waals surface area contributed by atoms with Crippen molar-refractivity contribution in [3.63, 3.8) is 0 Å². The van der Waals surface area contributed by atoms with Gasteiger partial charge in [0.2, 0.25) is 5.91 Å². The van der Waals surface area contributed by atoms with Crippen molar-refractivity contribution >= 4 is 22.6 Å². The predicted molar refractivity (Wildman–Crippen MR) is 94.2 cm³/mol. The Hall–Kier alpha value is -2.68. The zero-order valence-corrected chi connectivity index (χ0v) is 14.8. The molecule has 5 nitrogen and oxygen atoms in total. The molecule has 27 heavy (non-hydrogen) atoms. The number of hydrogen-bond acceptors (Lipinski definition) is 3. The first-order valence-electron chi connectivity index (χ1n) is 7.89. The summed E-state index contributed by atoms with van der Waals surface area (Å²) in [6.07, 6.45) is -4.48. The summed E-state index contributed by atoms with van der Waals surface area (Å²) in [5.74, 6) is -1.47. The highest BCUT2D eigenvalue weighted by atomic mass is 32.2. The van der Waals surface area contributed by atoms with Gasteiger partial charge >= 0.3 is 6.18 Å². The molecule has 2 atom stereocenters. The van der Waals surface area contributed by atoms with E-state index in [0.717, 1.165) is 24.3 Å². The molecule has 0 fully saturated rings. The van der Waals surface area contributed by atoms with Crippen molar-refractivity contribution in [2.45, 2.75) is 23.5 Å². The minimum Gasteiger partial charge on any atom is -0.368 e. The highest BCUT2D eigenvalue weighted by Crippen LogP contribution is 2.29. The van der Waals surface area contributed by atoms with E-state index in [-0.39, 0.29) is 17.7 Å². The zero-order valence-electron chi connectivity index (χ0n) is 14.0. The summed E-state index contributed by atoms with van der Waals surface area (Å²) in [4.78, 5) is 24.3. The Morgan fingerprint density at radius 2 is 1.63 bits per heavy atom. The van der Waals surface area contributed by atoms with Gasteiger partial charge in [-0.15, -0.1) is 0 Å². The van der Waals surface area contributed by atoms with Crippen molar-refractivity contribution in [1.29, 1.82) is 0 Å². The number of nitrogens with one attached hydrogen (secondary N) is 1. The molecule has 0 aliphatic heterocycles. The number of rotatable bonds is 7. The Labute approximate surface area is 156 Å².